The van der Waals surface area contributed by atoms with Crippen LogP contribution in [-0.4, -0.2) is 19.7 Å². The van der Waals surface area contributed by atoms with Crippen molar-refractivity contribution in [1.29, 1.82) is 0 Å². The van der Waals surface area contributed by atoms with Crippen molar-refractivity contribution in [3.05, 3.63) is 91.8 Å². The van der Waals surface area contributed by atoms with Crippen LogP contribution in [-0.2, 0) is 0 Å². The molecule has 4 rings (SSSR count). The van der Waals surface area contributed by atoms with Crippen molar-refractivity contribution in [2.75, 3.05) is 0 Å². The molecule has 2 aromatic heterocycles. The quantitative estimate of drug-likeness (QED) is 0.250. The van der Waals surface area contributed by atoms with E-state index in [2.05, 4.69) is 72.6 Å². The molecule has 0 bridgehead atoms. The number of benzene rings is 2. The van der Waals surface area contributed by atoms with E-state index in [1.165, 1.54) is 10.5 Å². The fourth-order valence-electron chi connectivity index (χ4n) is 2.70. The highest BCUT2D eigenvalue weighted by Crippen LogP contribution is 2.32. The van der Waals surface area contributed by atoms with Crippen molar-refractivity contribution >= 4 is 36.8 Å². The summed E-state index contributed by atoms with van der Waals surface area (Å²) in [6.07, 6.45) is 8.84. The van der Waals surface area contributed by atoms with Gasteiger partial charge in [0.25, 0.3) is 0 Å². The lowest BCUT2D eigenvalue weighted by Crippen LogP contribution is -2.06. The molecule has 0 saturated heterocycles. The van der Waals surface area contributed by atoms with E-state index in [1.807, 2.05) is 66.8 Å². The van der Waals surface area contributed by atoms with E-state index in [0.717, 1.165) is 21.6 Å². The smallest absolute Gasteiger partial charge is 0.115 e. The van der Waals surface area contributed by atoms with Gasteiger partial charge in [-0.05, 0) is 47.0 Å². The van der Waals surface area contributed by atoms with Crippen LogP contribution in [0, 0.1) is 0 Å². The number of rotatable bonds is 3. The van der Waals surface area contributed by atoms with Crippen LogP contribution >= 0.6 is 36.8 Å². The average molecular weight is 468 g/mol. The first-order chi connectivity index (χ1) is 14.4. The number of halogens is 1. The first-order valence-corrected chi connectivity index (χ1v) is 10.9. The lowest BCUT2D eigenvalue weighted by atomic mass is 10.1. The molecule has 0 aliphatic heterocycles. The summed E-state index contributed by atoms with van der Waals surface area (Å²) in [6.45, 7) is 6.66. The third-order valence-corrected chi connectivity index (χ3v) is 5.45. The Morgan fingerprint density at radius 2 is 1.23 bits per heavy atom. The lowest BCUT2D eigenvalue weighted by Gasteiger charge is -2.17. The topological polar surface area (TPSA) is 38.7 Å². The van der Waals surface area contributed by atoms with Crippen molar-refractivity contribution in [2.24, 2.45) is 0 Å². The number of hydrogen-bond donors (Lipinski definition) is 1. The molecule has 0 fully saturated rings. The Hall–Kier alpha value is -2.34. The normalized spacial score (nSPS) is 10.5. The zero-order chi connectivity index (χ0) is 21.4. The molecule has 0 spiro atoms. The van der Waals surface area contributed by atoms with Crippen LogP contribution in [0.4, 0.5) is 0 Å². The van der Waals surface area contributed by atoms with E-state index in [1.54, 1.807) is 12.5 Å². The highest BCUT2D eigenvalue weighted by molar-refractivity contribution is 8.00. The summed E-state index contributed by atoms with van der Waals surface area (Å²) >= 11 is 6.10. The Balaban J connectivity index is 0.000000220. The van der Waals surface area contributed by atoms with Crippen LogP contribution in [0.2, 0.25) is 0 Å². The van der Waals surface area contributed by atoms with Crippen LogP contribution in [0.15, 0.2) is 102 Å². The first-order valence-electron chi connectivity index (χ1n) is 9.65. The number of aromatic nitrogens is 3. The van der Waals surface area contributed by atoms with Crippen molar-refractivity contribution in [1.82, 2.24) is 15.0 Å². The first kappa shape index (κ1) is 24.9. The van der Waals surface area contributed by atoms with Gasteiger partial charge in [0, 0.05) is 44.9 Å². The summed E-state index contributed by atoms with van der Waals surface area (Å²) in [5, 5.41) is 0. The predicted octanol–water partition coefficient (Wildman–Crippen LogP) is 7.49. The average Bonchev–Trinajstić information content (AvgIpc) is 2.75. The Bertz CT molecular complexity index is 1030. The van der Waals surface area contributed by atoms with Gasteiger partial charge in [0.15, 0.2) is 0 Å². The molecule has 0 N–H and O–H groups in total. The highest BCUT2D eigenvalue weighted by atomic mass is 35.5. The molecule has 0 radical (unpaired) electrons. The molecular weight excluding hydrogens is 442 g/mol. The van der Waals surface area contributed by atoms with E-state index < -0.39 is 0 Å². The lowest BCUT2D eigenvalue weighted by molar-refractivity contribution is 0.803. The van der Waals surface area contributed by atoms with Gasteiger partial charge in [-0.2, -0.15) is 0 Å². The molecule has 0 atom stereocenters. The Morgan fingerprint density at radius 1 is 0.677 bits per heavy atom. The molecule has 2 heterocycles. The second kappa shape index (κ2) is 11.9. The predicted molar refractivity (Wildman–Crippen MR) is 137 cm³/mol. The van der Waals surface area contributed by atoms with Crippen molar-refractivity contribution < 1.29 is 0 Å². The van der Waals surface area contributed by atoms with E-state index in [4.69, 9.17) is 0 Å². The van der Waals surface area contributed by atoms with Crippen molar-refractivity contribution in [3.8, 4) is 22.3 Å². The minimum absolute atomic E-state index is 0. The fourth-order valence-corrected chi connectivity index (χ4v) is 3.83. The Kier molecular flexibility index (Phi) is 9.56. The minimum Gasteiger partial charge on any atom is -0.264 e. The summed E-state index contributed by atoms with van der Waals surface area (Å²) in [4.78, 5) is 14.4. The van der Waals surface area contributed by atoms with Gasteiger partial charge in [0.1, 0.15) is 6.33 Å². The number of thioether (sulfide) groups is 1. The third-order valence-electron chi connectivity index (χ3n) is 4.03. The molecular formula is C25H26ClN3S2. The van der Waals surface area contributed by atoms with Crippen molar-refractivity contribution in [2.45, 2.75) is 35.3 Å². The van der Waals surface area contributed by atoms with Gasteiger partial charge in [-0.3, -0.25) is 4.98 Å². The highest BCUT2D eigenvalue weighted by Gasteiger charge is 2.11. The molecule has 0 unspecified atom stereocenters. The molecule has 4 aromatic rings. The van der Waals surface area contributed by atoms with E-state index in [0.29, 0.717) is 0 Å². The fraction of sp³-hybridized carbons (Fsp3) is 0.160. The maximum atomic E-state index is 4.23. The molecule has 6 heteroatoms. The van der Waals surface area contributed by atoms with E-state index >= 15 is 0 Å². The van der Waals surface area contributed by atoms with Gasteiger partial charge in [-0.15, -0.1) is 36.8 Å². The number of nitrogens with zero attached hydrogens (tertiary/aromatic N) is 3. The number of hydrogen-bond acceptors (Lipinski definition) is 5. The molecule has 0 saturated carbocycles. The number of thiol groups is 1. The van der Waals surface area contributed by atoms with Crippen LogP contribution < -0.4 is 0 Å². The van der Waals surface area contributed by atoms with Gasteiger partial charge >= 0.3 is 0 Å². The zero-order valence-corrected chi connectivity index (χ0v) is 20.3. The zero-order valence-electron chi connectivity index (χ0n) is 17.8. The van der Waals surface area contributed by atoms with Crippen LogP contribution in [0.5, 0.6) is 0 Å². The van der Waals surface area contributed by atoms with Crippen LogP contribution in [0.3, 0.4) is 0 Å². The van der Waals surface area contributed by atoms with Gasteiger partial charge in [-0.1, -0.05) is 51.1 Å². The van der Waals surface area contributed by atoms with Crippen LogP contribution in [0.1, 0.15) is 20.8 Å². The van der Waals surface area contributed by atoms with Gasteiger partial charge in [-0.25, -0.2) is 9.97 Å². The van der Waals surface area contributed by atoms with Crippen LogP contribution in [0.25, 0.3) is 22.3 Å². The molecule has 0 amide bonds. The van der Waals surface area contributed by atoms with E-state index in [9.17, 15) is 0 Å². The molecule has 0 aliphatic rings. The minimum atomic E-state index is 0. The van der Waals surface area contributed by atoms with E-state index in [-0.39, 0.29) is 17.2 Å². The second-order valence-corrected chi connectivity index (χ2v) is 10.1. The third kappa shape index (κ3) is 8.37. The standard InChI is InChI=1S/C14H16N2S.C11H9NS.ClH/c1-14(2,3)17-13-6-4-11(5-7-13)12-8-15-10-16-9-12;13-11-5-3-9(4-6-11)10-2-1-7-12-8-10;/h4-10H,1-3H3;1-8,13H;1H. The molecule has 160 valence electrons. The second-order valence-electron chi connectivity index (χ2n) is 7.65. The van der Waals surface area contributed by atoms with Gasteiger partial charge in [0.2, 0.25) is 0 Å². The maximum absolute atomic E-state index is 4.23. The SMILES string of the molecule is CC(C)(C)Sc1ccc(-c2cncnc2)cc1.Cl.Sc1ccc(-c2cccnc2)cc1. The molecule has 0 aliphatic carbocycles. The maximum Gasteiger partial charge on any atom is 0.115 e. The Morgan fingerprint density at radius 3 is 1.77 bits per heavy atom. The molecule has 31 heavy (non-hydrogen) atoms. The summed E-state index contributed by atoms with van der Waals surface area (Å²) in [5.41, 5.74) is 4.52. The Labute approximate surface area is 200 Å². The van der Waals surface area contributed by atoms with Gasteiger partial charge in [0.05, 0.1) is 0 Å². The monoisotopic (exact) mass is 467 g/mol. The largest absolute Gasteiger partial charge is 0.264 e. The van der Waals surface area contributed by atoms with Gasteiger partial charge < -0.3 is 0 Å². The molecule has 2 aromatic carbocycles. The molecule has 3 nitrogen and oxygen atoms in total. The summed E-state index contributed by atoms with van der Waals surface area (Å²) in [6, 6.07) is 20.6. The van der Waals surface area contributed by atoms with Crippen molar-refractivity contribution in [3.63, 3.8) is 0 Å². The summed E-state index contributed by atoms with van der Waals surface area (Å²) in [7, 11) is 0. The number of pyridine rings is 1. The summed E-state index contributed by atoms with van der Waals surface area (Å²) in [5.74, 6) is 0. The summed E-state index contributed by atoms with van der Waals surface area (Å²) < 4.78 is 0.247.